The minimum Gasteiger partial charge on any atom is -0.381 e. The summed E-state index contributed by atoms with van der Waals surface area (Å²) in [6.45, 7) is 6.30. The molecule has 1 fully saturated rings. The summed E-state index contributed by atoms with van der Waals surface area (Å²) in [6.07, 6.45) is 3.07. The van der Waals surface area contributed by atoms with Gasteiger partial charge in [0, 0.05) is 31.8 Å². The number of nitrogens with one attached hydrogen (secondary N) is 2. The van der Waals surface area contributed by atoms with Gasteiger partial charge >= 0.3 is 0 Å². The van der Waals surface area contributed by atoms with Crippen molar-refractivity contribution in [3.63, 3.8) is 0 Å². The van der Waals surface area contributed by atoms with Crippen LogP contribution in [0.1, 0.15) is 25.3 Å². The van der Waals surface area contributed by atoms with Crippen molar-refractivity contribution >= 4 is 5.96 Å². The summed E-state index contributed by atoms with van der Waals surface area (Å²) in [5.41, 5.74) is 1.45. The molecule has 24 heavy (non-hydrogen) atoms. The third kappa shape index (κ3) is 5.49. The van der Waals surface area contributed by atoms with Gasteiger partial charge < -0.3 is 20.3 Å². The maximum atomic E-state index is 5.54. The highest BCUT2D eigenvalue weighted by Gasteiger charge is 2.34. The van der Waals surface area contributed by atoms with E-state index >= 15 is 0 Å². The molecule has 2 N–H and O–H groups in total. The van der Waals surface area contributed by atoms with Crippen molar-refractivity contribution in [2.24, 2.45) is 4.99 Å². The number of guanidine groups is 1. The molecule has 1 aliphatic rings. The second-order valence-electron chi connectivity index (χ2n) is 6.59. The number of likely N-dealkylation sites (N-methyl/N-ethyl adjacent to an activating group) is 1. The van der Waals surface area contributed by atoms with Crippen LogP contribution in [0, 0.1) is 0 Å². The first-order chi connectivity index (χ1) is 11.7. The van der Waals surface area contributed by atoms with Gasteiger partial charge in [-0.2, -0.15) is 0 Å². The Kier molecular flexibility index (Phi) is 7.53. The first-order valence-electron chi connectivity index (χ1n) is 8.97. The largest absolute Gasteiger partial charge is 0.381 e. The molecule has 0 bridgehead atoms. The predicted molar refractivity (Wildman–Crippen MR) is 101 cm³/mol. The number of hydrogen-bond donors (Lipinski definition) is 2. The van der Waals surface area contributed by atoms with E-state index in [-0.39, 0.29) is 5.54 Å². The molecule has 0 aliphatic carbocycles. The standard InChI is InChI=1S/C19H32N4O/c1-4-20-18(21-13-10-17-8-6-5-7-9-17)22-16-19(23(2)3)11-14-24-15-12-19/h5-9H,4,10-16H2,1-3H3,(H2,20,21,22). The third-order valence-electron chi connectivity index (χ3n) is 4.80. The van der Waals surface area contributed by atoms with E-state index in [4.69, 9.17) is 9.73 Å². The second-order valence-corrected chi connectivity index (χ2v) is 6.59. The fraction of sp³-hybridized carbons (Fsp3) is 0.632. The molecule has 0 radical (unpaired) electrons. The summed E-state index contributed by atoms with van der Waals surface area (Å²) in [4.78, 5) is 7.17. The quantitative estimate of drug-likeness (QED) is 0.591. The van der Waals surface area contributed by atoms with E-state index in [0.717, 1.165) is 58.1 Å². The Morgan fingerprint density at radius 3 is 2.50 bits per heavy atom. The van der Waals surface area contributed by atoms with E-state index in [1.54, 1.807) is 0 Å². The van der Waals surface area contributed by atoms with Crippen LogP contribution in [0.25, 0.3) is 0 Å². The zero-order chi connectivity index (χ0) is 17.3. The number of benzene rings is 1. The van der Waals surface area contributed by atoms with Crippen LogP contribution in [0.15, 0.2) is 35.3 Å². The summed E-state index contributed by atoms with van der Waals surface area (Å²) in [6, 6.07) is 10.5. The summed E-state index contributed by atoms with van der Waals surface area (Å²) < 4.78 is 5.54. The summed E-state index contributed by atoms with van der Waals surface area (Å²) in [5.74, 6) is 0.904. The second kappa shape index (κ2) is 9.64. The van der Waals surface area contributed by atoms with Crippen molar-refractivity contribution in [1.82, 2.24) is 15.5 Å². The molecule has 0 spiro atoms. The lowest BCUT2D eigenvalue weighted by Gasteiger charge is -2.41. The van der Waals surface area contributed by atoms with Crippen LogP contribution in [-0.4, -0.2) is 63.3 Å². The molecule has 0 saturated carbocycles. The van der Waals surface area contributed by atoms with Crippen molar-refractivity contribution < 1.29 is 4.74 Å². The van der Waals surface area contributed by atoms with Crippen LogP contribution >= 0.6 is 0 Å². The van der Waals surface area contributed by atoms with Gasteiger partial charge in [-0.1, -0.05) is 30.3 Å². The number of aliphatic imine (C=N–C) groups is 1. The Hall–Kier alpha value is -1.59. The Bertz CT molecular complexity index is 495. The highest BCUT2D eigenvalue weighted by molar-refractivity contribution is 5.79. The Labute approximate surface area is 146 Å². The van der Waals surface area contributed by atoms with Gasteiger partial charge in [0.25, 0.3) is 0 Å². The SMILES string of the molecule is CCNC(=NCC1(N(C)C)CCOCC1)NCCc1ccccc1. The molecule has 134 valence electrons. The first kappa shape index (κ1) is 18.7. The molecule has 0 amide bonds. The summed E-state index contributed by atoms with van der Waals surface area (Å²) in [5, 5.41) is 6.81. The van der Waals surface area contributed by atoms with Gasteiger partial charge in [-0.3, -0.25) is 4.99 Å². The molecule has 0 aromatic heterocycles. The number of nitrogens with zero attached hydrogens (tertiary/aromatic N) is 2. The highest BCUT2D eigenvalue weighted by Crippen LogP contribution is 2.26. The molecular weight excluding hydrogens is 300 g/mol. The van der Waals surface area contributed by atoms with Crippen LogP contribution in [0.4, 0.5) is 0 Å². The van der Waals surface area contributed by atoms with Crippen LogP contribution in [0.2, 0.25) is 0 Å². The average molecular weight is 332 g/mol. The zero-order valence-electron chi connectivity index (χ0n) is 15.3. The normalized spacial score (nSPS) is 17.8. The predicted octanol–water partition coefficient (Wildman–Crippen LogP) is 1.90. The maximum Gasteiger partial charge on any atom is 0.191 e. The van der Waals surface area contributed by atoms with Gasteiger partial charge in [0.05, 0.1) is 6.54 Å². The molecule has 1 saturated heterocycles. The van der Waals surface area contributed by atoms with E-state index in [0.29, 0.717) is 0 Å². The van der Waals surface area contributed by atoms with E-state index in [1.165, 1.54) is 5.56 Å². The third-order valence-corrected chi connectivity index (χ3v) is 4.80. The lowest BCUT2D eigenvalue weighted by atomic mass is 9.89. The van der Waals surface area contributed by atoms with Crippen LogP contribution < -0.4 is 10.6 Å². The van der Waals surface area contributed by atoms with Gasteiger partial charge in [0.15, 0.2) is 5.96 Å². The Morgan fingerprint density at radius 1 is 1.17 bits per heavy atom. The highest BCUT2D eigenvalue weighted by atomic mass is 16.5. The molecular formula is C19H32N4O. The van der Waals surface area contributed by atoms with E-state index in [1.807, 2.05) is 0 Å². The Morgan fingerprint density at radius 2 is 1.88 bits per heavy atom. The van der Waals surface area contributed by atoms with Gasteiger partial charge in [0.1, 0.15) is 0 Å². The van der Waals surface area contributed by atoms with Gasteiger partial charge in [-0.25, -0.2) is 0 Å². The molecule has 0 atom stereocenters. The van der Waals surface area contributed by atoms with Gasteiger partial charge in [0.2, 0.25) is 0 Å². The zero-order valence-corrected chi connectivity index (χ0v) is 15.3. The van der Waals surface area contributed by atoms with Crippen molar-refractivity contribution in [2.75, 3.05) is 46.9 Å². The lowest BCUT2D eigenvalue weighted by molar-refractivity contribution is -0.00254. The Balaban J connectivity index is 1.91. The summed E-state index contributed by atoms with van der Waals surface area (Å²) in [7, 11) is 4.30. The fourth-order valence-electron chi connectivity index (χ4n) is 3.04. The van der Waals surface area contributed by atoms with Gasteiger partial charge in [-0.15, -0.1) is 0 Å². The topological polar surface area (TPSA) is 48.9 Å². The average Bonchev–Trinajstić information content (AvgIpc) is 2.61. The smallest absolute Gasteiger partial charge is 0.191 e. The van der Waals surface area contributed by atoms with Crippen molar-refractivity contribution in [3.05, 3.63) is 35.9 Å². The number of hydrogen-bond acceptors (Lipinski definition) is 3. The van der Waals surface area contributed by atoms with Crippen molar-refractivity contribution in [3.8, 4) is 0 Å². The van der Waals surface area contributed by atoms with Crippen LogP contribution in [0.3, 0.4) is 0 Å². The van der Waals surface area contributed by atoms with Crippen LogP contribution in [-0.2, 0) is 11.2 Å². The van der Waals surface area contributed by atoms with E-state index in [9.17, 15) is 0 Å². The molecule has 5 nitrogen and oxygen atoms in total. The van der Waals surface area contributed by atoms with Gasteiger partial charge in [-0.05, 0) is 45.8 Å². The van der Waals surface area contributed by atoms with Crippen molar-refractivity contribution in [2.45, 2.75) is 31.7 Å². The lowest BCUT2D eigenvalue weighted by Crippen LogP contribution is -2.51. The molecule has 1 aliphatic heterocycles. The van der Waals surface area contributed by atoms with Crippen molar-refractivity contribution in [1.29, 1.82) is 0 Å². The number of rotatable bonds is 7. The monoisotopic (exact) mass is 332 g/mol. The summed E-state index contributed by atoms with van der Waals surface area (Å²) >= 11 is 0. The molecule has 5 heteroatoms. The fourth-order valence-corrected chi connectivity index (χ4v) is 3.04. The van der Waals surface area contributed by atoms with E-state index in [2.05, 4.69) is 66.9 Å². The molecule has 1 heterocycles. The molecule has 0 unspecified atom stereocenters. The maximum absolute atomic E-state index is 5.54. The van der Waals surface area contributed by atoms with E-state index < -0.39 is 0 Å². The molecule has 2 rings (SSSR count). The van der Waals surface area contributed by atoms with Crippen LogP contribution in [0.5, 0.6) is 0 Å². The first-order valence-corrected chi connectivity index (χ1v) is 8.97. The molecule has 1 aromatic carbocycles. The minimum atomic E-state index is 0.111. The molecule has 1 aromatic rings. The number of ether oxygens (including phenoxy) is 1. The minimum absolute atomic E-state index is 0.111.